The van der Waals surface area contributed by atoms with Crippen molar-refractivity contribution in [3.63, 3.8) is 0 Å². The van der Waals surface area contributed by atoms with Crippen LogP contribution in [-0.4, -0.2) is 42.1 Å². The van der Waals surface area contributed by atoms with Crippen LogP contribution >= 0.6 is 0 Å². The first kappa shape index (κ1) is 14.0. The highest BCUT2D eigenvalue weighted by atomic mass is 16.5. The number of benzene rings is 1. The number of rotatable bonds is 3. The molecule has 0 spiro atoms. The molecule has 2 N–H and O–H groups in total. The molecular formula is C15H22N2O2. The molecule has 4 heteroatoms. The van der Waals surface area contributed by atoms with Crippen LogP contribution in [0.1, 0.15) is 19.4 Å². The largest absolute Gasteiger partial charge is 0.367 e. The number of carbonyl (C=O) groups is 1. The van der Waals surface area contributed by atoms with E-state index in [9.17, 15) is 4.79 Å². The van der Waals surface area contributed by atoms with Crippen LogP contribution < -0.4 is 5.73 Å². The second-order valence-corrected chi connectivity index (χ2v) is 5.67. The molecule has 19 heavy (non-hydrogen) atoms. The van der Waals surface area contributed by atoms with Crippen molar-refractivity contribution < 1.29 is 9.53 Å². The number of ether oxygens (including phenoxy) is 1. The number of nitrogens with zero attached hydrogens (tertiary/aromatic N) is 1. The van der Waals surface area contributed by atoms with Gasteiger partial charge in [-0.1, -0.05) is 30.3 Å². The molecule has 1 aromatic rings. The average Bonchev–Trinajstić information content (AvgIpc) is 2.38. The fourth-order valence-corrected chi connectivity index (χ4v) is 2.49. The molecule has 104 valence electrons. The van der Waals surface area contributed by atoms with Gasteiger partial charge in [0.25, 0.3) is 0 Å². The number of carbonyl (C=O) groups excluding carboxylic acids is 1. The van der Waals surface area contributed by atoms with Gasteiger partial charge in [0.15, 0.2) is 0 Å². The summed E-state index contributed by atoms with van der Waals surface area (Å²) in [5.41, 5.74) is 6.39. The fraction of sp³-hybridized carbons (Fsp3) is 0.533. The van der Waals surface area contributed by atoms with Crippen LogP contribution in [0.2, 0.25) is 0 Å². The van der Waals surface area contributed by atoms with Crippen LogP contribution in [0.3, 0.4) is 0 Å². The molecular weight excluding hydrogens is 240 g/mol. The van der Waals surface area contributed by atoms with E-state index in [1.807, 2.05) is 49.1 Å². The van der Waals surface area contributed by atoms with Crippen molar-refractivity contribution in [2.45, 2.75) is 32.0 Å². The van der Waals surface area contributed by atoms with Crippen molar-refractivity contribution in [3.8, 4) is 0 Å². The normalized spacial score (nSPS) is 22.3. The van der Waals surface area contributed by atoms with Crippen LogP contribution in [-0.2, 0) is 16.0 Å². The van der Waals surface area contributed by atoms with E-state index in [1.54, 1.807) is 0 Å². The summed E-state index contributed by atoms with van der Waals surface area (Å²) in [4.78, 5) is 14.2. The number of amides is 1. The molecule has 1 amide bonds. The number of nitrogens with two attached hydrogens (primary N) is 1. The summed E-state index contributed by atoms with van der Waals surface area (Å²) in [5, 5.41) is 0. The number of hydrogen-bond acceptors (Lipinski definition) is 3. The Hall–Kier alpha value is -1.39. The SMILES string of the molecule is CC1(C)CN(C(=O)Cc2ccccc2)CC(CN)O1. The third-order valence-corrected chi connectivity index (χ3v) is 3.30. The second kappa shape index (κ2) is 5.72. The minimum atomic E-state index is -0.325. The summed E-state index contributed by atoms with van der Waals surface area (Å²) < 4.78 is 5.83. The summed E-state index contributed by atoms with van der Waals surface area (Å²) >= 11 is 0. The van der Waals surface area contributed by atoms with E-state index in [4.69, 9.17) is 10.5 Å². The minimum absolute atomic E-state index is 0.0662. The molecule has 2 rings (SSSR count). The van der Waals surface area contributed by atoms with Crippen LogP contribution in [0.15, 0.2) is 30.3 Å². The quantitative estimate of drug-likeness (QED) is 0.890. The van der Waals surface area contributed by atoms with Crippen LogP contribution in [0.5, 0.6) is 0 Å². The topological polar surface area (TPSA) is 55.6 Å². The Kier molecular flexibility index (Phi) is 4.22. The summed E-state index contributed by atoms with van der Waals surface area (Å²) in [5.74, 6) is 0.140. The first-order chi connectivity index (χ1) is 9.00. The highest BCUT2D eigenvalue weighted by Crippen LogP contribution is 2.21. The first-order valence-corrected chi connectivity index (χ1v) is 6.70. The predicted molar refractivity (Wildman–Crippen MR) is 74.7 cm³/mol. The second-order valence-electron chi connectivity index (χ2n) is 5.67. The van der Waals surface area contributed by atoms with Crippen molar-refractivity contribution in [3.05, 3.63) is 35.9 Å². The van der Waals surface area contributed by atoms with Gasteiger partial charge in [-0.25, -0.2) is 0 Å². The third-order valence-electron chi connectivity index (χ3n) is 3.30. The maximum Gasteiger partial charge on any atom is 0.227 e. The van der Waals surface area contributed by atoms with E-state index in [0.717, 1.165) is 5.56 Å². The molecule has 0 aromatic heterocycles. The smallest absolute Gasteiger partial charge is 0.227 e. The molecule has 1 aliphatic heterocycles. The fourth-order valence-electron chi connectivity index (χ4n) is 2.49. The lowest BCUT2D eigenvalue weighted by atomic mass is 10.0. The van der Waals surface area contributed by atoms with Crippen LogP contribution in [0.25, 0.3) is 0 Å². The lowest BCUT2D eigenvalue weighted by Crippen LogP contribution is -2.56. The Balaban J connectivity index is 2.02. The van der Waals surface area contributed by atoms with Gasteiger partial charge in [0.2, 0.25) is 5.91 Å². The van der Waals surface area contributed by atoms with Gasteiger partial charge >= 0.3 is 0 Å². The Labute approximate surface area is 114 Å². The Morgan fingerprint density at radius 2 is 2.11 bits per heavy atom. The third kappa shape index (κ3) is 3.78. The summed E-state index contributed by atoms with van der Waals surface area (Å²) in [7, 11) is 0. The minimum Gasteiger partial charge on any atom is -0.367 e. The van der Waals surface area contributed by atoms with Crippen LogP contribution in [0, 0.1) is 0 Å². The van der Waals surface area contributed by atoms with Gasteiger partial charge in [-0.2, -0.15) is 0 Å². The molecule has 0 aliphatic carbocycles. The van der Waals surface area contributed by atoms with E-state index >= 15 is 0 Å². The van der Waals surface area contributed by atoms with E-state index in [1.165, 1.54) is 0 Å². The molecule has 0 bridgehead atoms. The van der Waals surface area contributed by atoms with Gasteiger partial charge in [0.1, 0.15) is 0 Å². The zero-order valence-corrected chi connectivity index (χ0v) is 11.6. The maximum absolute atomic E-state index is 12.3. The van der Waals surface area contributed by atoms with Gasteiger partial charge < -0.3 is 15.4 Å². The van der Waals surface area contributed by atoms with Gasteiger partial charge in [-0.05, 0) is 19.4 Å². The van der Waals surface area contributed by atoms with Crippen molar-refractivity contribution in [2.75, 3.05) is 19.6 Å². The molecule has 1 unspecified atom stereocenters. The molecule has 1 heterocycles. The zero-order valence-electron chi connectivity index (χ0n) is 11.6. The van der Waals surface area contributed by atoms with Crippen molar-refractivity contribution in [1.82, 2.24) is 4.90 Å². The first-order valence-electron chi connectivity index (χ1n) is 6.70. The Morgan fingerprint density at radius 3 is 2.74 bits per heavy atom. The lowest BCUT2D eigenvalue weighted by molar-refractivity contribution is -0.158. The Morgan fingerprint density at radius 1 is 1.42 bits per heavy atom. The van der Waals surface area contributed by atoms with Crippen molar-refractivity contribution in [2.24, 2.45) is 5.73 Å². The summed E-state index contributed by atoms with van der Waals surface area (Å²) in [6.45, 7) is 5.65. The van der Waals surface area contributed by atoms with Gasteiger partial charge in [-0.15, -0.1) is 0 Å². The Bertz CT molecular complexity index is 431. The number of morpholine rings is 1. The zero-order chi connectivity index (χ0) is 13.9. The van der Waals surface area contributed by atoms with Crippen molar-refractivity contribution in [1.29, 1.82) is 0 Å². The standard InChI is InChI=1S/C15H22N2O2/c1-15(2)11-17(10-13(9-16)19-15)14(18)8-12-6-4-3-5-7-12/h3-7,13H,8-11,16H2,1-2H3. The van der Waals surface area contributed by atoms with E-state index in [0.29, 0.717) is 26.1 Å². The molecule has 1 atom stereocenters. The van der Waals surface area contributed by atoms with Gasteiger partial charge in [0, 0.05) is 19.6 Å². The predicted octanol–water partition coefficient (Wildman–Crippen LogP) is 1.19. The summed E-state index contributed by atoms with van der Waals surface area (Å²) in [6, 6.07) is 9.81. The lowest BCUT2D eigenvalue weighted by Gasteiger charge is -2.42. The number of hydrogen-bond donors (Lipinski definition) is 1. The van der Waals surface area contributed by atoms with Gasteiger partial charge in [0.05, 0.1) is 18.1 Å². The molecule has 0 saturated carbocycles. The monoisotopic (exact) mass is 262 g/mol. The summed E-state index contributed by atoms with van der Waals surface area (Å²) in [6.07, 6.45) is 0.372. The van der Waals surface area contributed by atoms with Crippen LogP contribution in [0.4, 0.5) is 0 Å². The maximum atomic E-state index is 12.3. The van der Waals surface area contributed by atoms with Gasteiger partial charge in [-0.3, -0.25) is 4.79 Å². The van der Waals surface area contributed by atoms with E-state index < -0.39 is 0 Å². The average molecular weight is 262 g/mol. The van der Waals surface area contributed by atoms with E-state index in [2.05, 4.69) is 0 Å². The van der Waals surface area contributed by atoms with E-state index in [-0.39, 0.29) is 17.6 Å². The highest BCUT2D eigenvalue weighted by molar-refractivity contribution is 5.79. The molecule has 1 fully saturated rings. The molecule has 4 nitrogen and oxygen atoms in total. The van der Waals surface area contributed by atoms with Crippen molar-refractivity contribution >= 4 is 5.91 Å². The molecule has 1 aliphatic rings. The molecule has 1 aromatic carbocycles. The highest BCUT2D eigenvalue weighted by Gasteiger charge is 2.34. The molecule has 1 saturated heterocycles. The molecule has 0 radical (unpaired) electrons.